The fourth-order valence-corrected chi connectivity index (χ4v) is 3.00. The van der Waals surface area contributed by atoms with Crippen LogP contribution < -0.4 is 29.6 Å². The molecule has 1 atom stereocenters. The van der Waals surface area contributed by atoms with Crippen LogP contribution in [0, 0.1) is 0 Å². The van der Waals surface area contributed by atoms with E-state index in [0.29, 0.717) is 25.9 Å². The van der Waals surface area contributed by atoms with E-state index in [1.807, 2.05) is 0 Å². The van der Waals surface area contributed by atoms with Gasteiger partial charge in [-0.2, -0.15) is 8.42 Å². The molecule has 1 aliphatic heterocycles. The summed E-state index contributed by atoms with van der Waals surface area (Å²) in [6.45, 7) is 3.98. The molecule has 2 fully saturated rings. The monoisotopic (exact) mass is 260 g/mol. The predicted molar refractivity (Wildman–Crippen MR) is 54.1 cm³/mol. The van der Waals surface area contributed by atoms with Crippen molar-refractivity contribution < 1.29 is 53.4 Å². The molecule has 1 aliphatic carbocycles. The van der Waals surface area contributed by atoms with Gasteiger partial charge in [-0.25, -0.2) is 0 Å². The van der Waals surface area contributed by atoms with Crippen molar-refractivity contribution in [1.82, 2.24) is 0 Å². The molecule has 90 valence electrons. The summed E-state index contributed by atoms with van der Waals surface area (Å²) in [6.07, 6.45) is 1.14. The molecule has 0 spiro atoms. The molecule has 0 amide bonds. The van der Waals surface area contributed by atoms with Crippen LogP contribution in [0.2, 0.25) is 0 Å². The molecule has 2 aliphatic rings. The molecule has 16 heavy (non-hydrogen) atoms. The van der Waals surface area contributed by atoms with Crippen molar-refractivity contribution in [2.24, 2.45) is 0 Å². The Balaban J connectivity index is 0.00000128. The van der Waals surface area contributed by atoms with E-state index in [1.54, 1.807) is 13.8 Å². The molecule has 0 unspecified atom stereocenters. The van der Waals surface area contributed by atoms with Crippen LogP contribution >= 0.6 is 0 Å². The summed E-state index contributed by atoms with van der Waals surface area (Å²) in [6, 6.07) is 0. The molecule has 1 saturated heterocycles. The third-order valence-electron chi connectivity index (χ3n) is 3.02. The first-order valence-electron chi connectivity index (χ1n) is 5.03. The van der Waals surface area contributed by atoms with Crippen molar-refractivity contribution in [2.75, 3.05) is 6.61 Å². The van der Waals surface area contributed by atoms with E-state index in [1.165, 1.54) is 0 Å². The first-order valence-corrected chi connectivity index (χ1v) is 6.47. The smallest absolute Gasteiger partial charge is 1.00 e. The van der Waals surface area contributed by atoms with Gasteiger partial charge in [0.1, 0.15) is 4.75 Å². The van der Waals surface area contributed by atoms with Gasteiger partial charge in [0.05, 0.1) is 12.7 Å². The van der Waals surface area contributed by atoms with Crippen LogP contribution in [-0.4, -0.2) is 36.2 Å². The molecule has 0 aromatic carbocycles. The van der Waals surface area contributed by atoms with E-state index in [2.05, 4.69) is 0 Å². The average molecular weight is 260 g/mol. The average Bonchev–Trinajstić information content (AvgIpc) is 2.73. The molecular weight excluding hydrogens is 243 g/mol. The Kier molecular flexibility index (Phi) is 4.18. The van der Waals surface area contributed by atoms with Crippen molar-refractivity contribution in [1.29, 1.82) is 0 Å². The van der Waals surface area contributed by atoms with Crippen LogP contribution in [-0.2, 0) is 19.6 Å². The minimum Gasteiger partial charge on any atom is -1.00 e. The van der Waals surface area contributed by atoms with Crippen molar-refractivity contribution in [3.05, 3.63) is 0 Å². The molecule has 0 radical (unpaired) electrons. The Hall–Kier alpha value is 0.830. The minimum absolute atomic E-state index is 0. The van der Waals surface area contributed by atoms with Gasteiger partial charge in [0.15, 0.2) is 5.79 Å². The summed E-state index contributed by atoms with van der Waals surface area (Å²) in [5, 5.41) is 0. The van der Waals surface area contributed by atoms with E-state index < -0.39 is 20.7 Å². The molecule has 1 N–H and O–H groups in total. The zero-order valence-electron chi connectivity index (χ0n) is 10.9. The second-order valence-corrected chi connectivity index (χ2v) is 6.63. The molecule has 2 rings (SSSR count). The maximum Gasteiger partial charge on any atom is 1.00 e. The molecule has 0 bridgehead atoms. The van der Waals surface area contributed by atoms with E-state index in [0.717, 1.165) is 0 Å². The van der Waals surface area contributed by atoms with Gasteiger partial charge in [0, 0.05) is 0 Å². The van der Waals surface area contributed by atoms with Gasteiger partial charge in [-0.3, -0.25) is 4.55 Å². The third-order valence-corrected chi connectivity index (χ3v) is 4.69. The minimum atomic E-state index is -3.95. The molecule has 1 saturated carbocycles. The zero-order valence-corrected chi connectivity index (χ0v) is 12.7. The van der Waals surface area contributed by atoms with Crippen LogP contribution in [0.3, 0.4) is 0 Å². The van der Waals surface area contributed by atoms with Crippen LogP contribution in [0.1, 0.15) is 34.5 Å². The summed E-state index contributed by atoms with van der Waals surface area (Å²) in [4.78, 5) is 0. The van der Waals surface area contributed by atoms with E-state index in [9.17, 15) is 8.42 Å². The summed E-state index contributed by atoms with van der Waals surface area (Å²) >= 11 is 0. The Morgan fingerprint density at radius 3 is 2.31 bits per heavy atom. The Bertz CT molecular complexity index is 366. The molecule has 7 heteroatoms. The third kappa shape index (κ3) is 2.98. The summed E-state index contributed by atoms with van der Waals surface area (Å²) < 4.78 is 41.2. The molecular formula is C9H17NaO5S. The largest absolute Gasteiger partial charge is 1.00 e. The predicted octanol–water partition coefficient (Wildman–Crippen LogP) is -1.94. The Morgan fingerprint density at radius 1 is 1.44 bits per heavy atom. The quantitative estimate of drug-likeness (QED) is 0.472. The standard InChI is InChI=1S/C9H16O5S.Na.H/c1-8(2)13-6-7(14-8)5-9(3-4-9)15(10,11)12;;/h7H,3-6H2,1-2H3,(H,10,11,12);;/q;+1;-1/t7-;;/m0../s1. The topological polar surface area (TPSA) is 72.8 Å². The second-order valence-electron chi connectivity index (χ2n) is 4.81. The van der Waals surface area contributed by atoms with Gasteiger partial charge < -0.3 is 10.9 Å². The molecule has 0 aromatic rings. The van der Waals surface area contributed by atoms with Crippen molar-refractivity contribution in [3.8, 4) is 0 Å². The normalized spacial score (nSPS) is 30.8. The van der Waals surface area contributed by atoms with Crippen LogP contribution in [0.5, 0.6) is 0 Å². The fraction of sp³-hybridized carbons (Fsp3) is 1.00. The van der Waals surface area contributed by atoms with Gasteiger partial charge in [0.2, 0.25) is 0 Å². The number of hydrogen-bond donors (Lipinski definition) is 1. The van der Waals surface area contributed by atoms with Crippen molar-refractivity contribution >= 4 is 10.1 Å². The van der Waals surface area contributed by atoms with Crippen LogP contribution in [0.4, 0.5) is 0 Å². The van der Waals surface area contributed by atoms with E-state index in [-0.39, 0.29) is 37.1 Å². The fourth-order valence-electron chi connectivity index (χ4n) is 1.99. The van der Waals surface area contributed by atoms with Crippen molar-refractivity contribution in [2.45, 2.75) is 49.7 Å². The molecule has 1 heterocycles. The number of hydrogen-bond acceptors (Lipinski definition) is 4. The Morgan fingerprint density at radius 2 is 2.00 bits per heavy atom. The maximum atomic E-state index is 11.1. The van der Waals surface area contributed by atoms with Crippen LogP contribution in [0.25, 0.3) is 0 Å². The molecule has 5 nitrogen and oxygen atoms in total. The summed E-state index contributed by atoms with van der Waals surface area (Å²) in [5.41, 5.74) is 0. The van der Waals surface area contributed by atoms with E-state index >= 15 is 0 Å². The first-order chi connectivity index (χ1) is 6.74. The summed E-state index contributed by atoms with van der Waals surface area (Å²) in [7, 11) is -3.95. The first kappa shape index (κ1) is 14.9. The van der Waals surface area contributed by atoms with E-state index in [4.69, 9.17) is 14.0 Å². The number of ether oxygens (including phenoxy) is 2. The zero-order chi connectivity index (χ0) is 11.3. The summed E-state index contributed by atoms with van der Waals surface area (Å²) in [5.74, 6) is -0.639. The van der Waals surface area contributed by atoms with Gasteiger partial charge in [-0.1, -0.05) is 0 Å². The van der Waals surface area contributed by atoms with Gasteiger partial charge >= 0.3 is 29.6 Å². The number of rotatable bonds is 3. The van der Waals surface area contributed by atoms with Gasteiger partial charge in [0.25, 0.3) is 10.1 Å². The molecule has 0 aromatic heterocycles. The SMILES string of the molecule is CC1(C)OC[C@H](CC2(S(=O)(=O)O)CC2)O1.[H-].[Na+]. The van der Waals surface area contributed by atoms with Gasteiger partial charge in [-0.15, -0.1) is 0 Å². The maximum absolute atomic E-state index is 11.1. The van der Waals surface area contributed by atoms with Crippen molar-refractivity contribution in [3.63, 3.8) is 0 Å². The van der Waals surface area contributed by atoms with Crippen LogP contribution in [0.15, 0.2) is 0 Å². The van der Waals surface area contributed by atoms with Gasteiger partial charge in [-0.05, 0) is 33.1 Å². The second kappa shape index (κ2) is 4.50. The Labute approximate surface area is 119 Å².